The van der Waals surface area contributed by atoms with E-state index in [4.69, 9.17) is 9.47 Å². The van der Waals surface area contributed by atoms with Crippen molar-refractivity contribution in [2.45, 2.75) is 55.8 Å². The summed E-state index contributed by atoms with van der Waals surface area (Å²) in [6.45, 7) is 5.83. The first-order chi connectivity index (χ1) is 14.2. The Hall–Kier alpha value is -0.940. The Balaban J connectivity index is 2.42. The van der Waals surface area contributed by atoms with E-state index in [1.807, 2.05) is 18.2 Å². The molecule has 0 aromatic heterocycles. The Kier molecular flexibility index (Phi) is 10.3. The molecule has 1 aromatic rings. The molecule has 0 spiro atoms. The van der Waals surface area contributed by atoms with Gasteiger partial charge in [-0.05, 0) is 12.1 Å². The Morgan fingerprint density at radius 3 is 1.87 bits per heavy atom. The molecule has 1 aromatic carbocycles. The van der Waals surface area contributed by atoms with Crippen LogP contribution in [0.5, 0.6) is 5.75 Å². The van der Waals surface area contributed by atoms with Crippen molar-refractivity contribution in [3.05, 3.63) is 30.3 Å². The molecule has 6 nitrogen and oxygen atoms in total. The Bertz CT molecular complexity index is 772. The number of carbonyl (C=O) groups excluding carboxylic acids is 4. The molecular formula is C20H24O6S4. The molecule has 1 saturated heterocycles. The van der Waals surface area contributed by atoms with E-state index in [0.717, 1.165) is 47.0 Å². The van der Waals surface area contributed by atoms with Crippen molar-refractivity contribution in [2.24, 2.45) is 0 Å². The van der Waals surface area contributed by atoms with Crippen LogP contribution in [-0.4, -0.2) is 54.4 Å². The average Bonchev–Trinajstić information content (AvgIpc) is 2.64. The average molecular weight is 489 g/mol. The first-order valence-electron chi connectivity index (χ1n) is 9.19. The van der Waals surface area contributed by atoms with Crippen LogP contribution in [0.15, 0.2) is 30.3 Å². The molecule has 30 heavy (non-hydrogen) atoms. The lowest BCUT2D eigenvalue weighted by Gasteiger charge is -2.44. The van der Waals surface area contributed by atoms with E-state index in [1.165, 1.54) is 27.7 Å². The number of thioether (sulfide) groups is 4. The predicted molar refractivity (Wildman–Crippen MR) is 125 cm³/mol. The number of carbonyl (C=O) groups is 4. The molecule has 1 fully saturated rings. The van der Waals surface area contributed by atoms with Crippen molar-refractivity contribution in [3.63, 3.8) is 0 Å². The SMILES string of the molecule is CC(=O)SC[C@H]1OC(Oc2ccccc2)[C@@H](SC(C)=O)[C@@H](SC(C)=O)[C@@H]1SC(C)=O. The minimum Gasteiger partial charge on any atom is -0.464 e. The summed E-state index contributed by atoms with van der Waals surface area (Å²) in [6.07, 6.45) is -1.33. The summed E-state index contributed by atoms with van der Waals surface area (Å²) in [4.78, 5) is 47.6. The molecule has 0 radical (unpaired) electrons. The van der Waals surface area contributed by atoms with Crippen LogP contribution in [0.1, 0.15) is 27.7 Å². The summed E-state index contributed by atoms with van der Waals surface area (Å²) >= 11 is 4.32. The van der Waals surface area contributed by atoms with Crippen molar-refractivity contribution in [2.75, 3.05) is 5.75 Å². The predicted octanol–water partition coefficient (Wildman–Crippen LogP) is 4.01. The van der Waals surface area contributed by atoms with E-state index < -0.39 is 28.1 Å². The third-order valence-electron chi connectivity index (χ3n) is 3.94. The summed E-state index contributed by atoms with van der Waals surface area (Å²) < 4.78 is 12.3. The van der Waals surface area contributed by atoms with Gasteiger partial charge in [0.25, 0.3) is 0 Å². The van der Waals surface area contributed by atoms with Gasteiger partial charge in [-0.2, -0.15) is 0 Å². The van der Waals surface area contributed by atoms with Crippen molar-refractivity contribution in [3.8, 4) is 5.75 Å². The maximum Gasteiger partial charge on any atom is 0.213 e. The summed E-state index contributed by atoms with van der Waals surface area (Å²) in [6, 6.07) is 9.06. The molecule has 10 heteroatoms. The zero-order valence-corrected chi connectivity index (χ0v) is 20.3. The third-order valence-corrected chi connectivity index (χ3v) is 8.70. The Morgan fingerprint density at radius 1 is 0.800 bits per heavy atom. The normalized spacial score (nSPS) is 26.1. The molecule has 0 bridgehead atoms. The third kappa shape index (κ3) is 7.96. The number of para-hydroxylation sites is 1. The molecule has 0 N–H and O–H groups in total. The highest BCUT2D eigenvalue weighted by Crippen LogP contribution is 2.44. The van der Waals surface area contributed by atoms with E-state index in [-0.39, 0.29) is 20.5 Å². The van der Waals surface area contributed by atoms with E-state index >= 15 is 0 Å². The van der Waals surface area contributed by atoms with E-state index in [2.05, 4.69) is 0 Å². The highest BCUT2D eigenvalue weighted by atomic mass is 32.2. The fourth-order valence-electron chi connectivity index (χ4n) is 2.92. The van der Waals surface area contributed by atoms with Gasteiger partial charge in [-0.25, -0.2) is 0 Å². The van der Waals surface area contributed by atoms with Crippen LogP contribution in [0.3, 0.4) is 0 Å². The van der Waals surface area contributed by atoms with Gasteiger partial charge in [0.2, 0.25) is 6.29 Å². The molecule has 1 aliphatic heterocycles. The topological polar surface area (TPSA) is 86.7 Å². The van der Waals surface area contributed by atoms with E-state index in [1.54, 1.807) is 12.1 Å². The summed E-state index contributed by atoms with van der Waals surface area (Å²) in [5.74, 6) is 0.889. The smallest absolute Gasteiger partial charge is 0.213 e. The first-order valence-corrected chi connectivity index (χ1v) is 12.8. The van der Waals surface area contributed by atoms with Gasteiger partial charge in [-0.1, -0.05) is 65.2 Å². The quantitative estimate of drug-likeness (QED) is 0.561. The fourth-order valence-corrected chi connectivity index (χ4v) is 7.36. The number of hydrogen-bond donors (Lipinski definition) is 0. The molecule has 164 valence electrons. The van der Waals surface area contributed by atoms with Crippen molar-refractivity contribution in [1.82, 2.24) is 0 Å². The highest BCUT2D eigenvalue weighted by molar-refractivity contribution is 8.19. The maximum atomic E-state index is 12.0. The molecule has 5 atom stereocenters. The van der Waals surface area contributed by atoms with Crippen molar-refractivity contribution in [1.29, 1.82) is 0 Å². The van der Waals surface area contributed by atoms with E-state index in [0.29, 0.717) is 11.5 Å². The lowest BCUT2D eigenvalue weighted by Crippen LogP contribution is -2.57. The summed E-state index contributed by atoms with van der Waals surface area (Å²) in [5.41, 5.74) is 0. The van der Waals surface area contributed by atoms with Crippen LogP contribution in [-0.2, 0) is 23.9 Å². The fraction of sp³-hybridized carbons (Fsp3) is 0.500. The van der Waals surface area contributed by atoms with Gasteiger partial charge in [0.1, 0.15) is 5.75 Å². The lowest BCUT2D eigenvalue weighted by atomic mass is 10.1. The molecule has 0 aliphatic carbocycles. The molecule has 1 heterocycles. The zero-order valence-electron chi connectivity index (χ0n) is 17.1. The Labute approximate surface area is 193 Å². The van der Waals surface area contributed by atoms with Gasteiger partial charge in [-0.3, -0.25) is 19.2 Å². The van der Waals surface area contributed by atoms with Gasteiger partial charge in [0.15, 0.2) is 20.5 Å². The number of benzene rings is 1. The van der Waals surface area contributed by atoms with Crippen LogP contribution in [0, 0.1) is 0 Å². The van der Waals surface area contributed by atoms with Crippen LogP contribution in [0.2, 0.25) is 0 Å². The largest absolute Gasteiger partial charge is 0.464 e. The van der Waals surface area contributed by atoms with Crippen LogP contribution >= 0.6 is 47.0 Å². The molecular weight excluding hydrogens is 464 g/mol. The second-order valence-corrected chi connectivity index (χ2v) is 11.8. The van der Waals surface area contributed by atoms with Gasteiger partial charge >= 0.3 is 0 Å². The van der Waals surface area contributed by atoms with Crippen LogP contribution in [0.25, 0.3) is 0 Å². The summed E-state index contributed by atoms with van der Waals surface area (Å²) in [7, 11) is 0. The lowest BCUT2D eigenvalue weighted by molar-refractivity contribution is -0.132. The molecule has 0 saturated carbocycles. The molecule has 2 rings (SSSR count). The second-order valence-electron chi connectivity index (χ2n) is 6.50. The standard InChI is InChI=1S/C20H24O6S4/c1-11(21)27-10-16-17(28-12(2)22)18(29-13(3)23)19(30-14(4)24)20(26-16)25-15-8-6-5-7-9-15/h5-9,16-20H,10H2,1-4H3/t16-,17-,18+,19+,20?/m1/s1. The molecule has 1 aliphatic rings. The highest BCUT2D eigenvalue weighted by Gasteiger charge is 2.49. The monoisotopic (exact) mass is 488 g/mol. The van der Waals surface area contributed by atoms with Gasteiger partial charge in [0.05, 0.1) is 16.6 Å². The Morgan fingerprint density at radius 2 is 1.33 bits per heavy atom. The second kappa shape index (κ2) is 12.2. The first kappa shape index (κ1) is 25.3. The zero-order chi connectivity index (χ0) is 22.3. The minimum atomic E-state index is -0.820. The molecule has 0 amide bonds. The van der Waals surface area contributed by atoms with Gasteiger partial charge in [-0.15, -0.1) is 0 Å². The maximum absolute atomic E-state index is 12.0. The van der Waals surface area contributed by atoms with Gasteiger partial charge < -0.3 is 9.47 Å². The summed E-state index contributed by atoms with van der Waals surface area (Å²) in [5, 5.41) is -1.77. The van der Waals surface area contributed by atoms with Crippen molar-refractivity contribution < 1.29 is 28.7 Å². The minimum absolute atomic E-state index is 0.0679. The number of hydrogen-bond acceptors (Lipinski definition) is 10. The van der Waals surface area contributed by atoms with Crippen LogP contribution in [0.4, 0.5) is 0 Å². The van der Waals surface area contributed by atoms with Crippen LogP contribution < -0.4 is 4.74 Å². The van der Waals surface area contributed by atoms with E-state index in [9.17, 15) is 19.2 Å². The number of ether oxygens (including phenoxy) is 2. The van der Waals surface area contributed by atoms with Crippen molar-refractivity contribution >= 4 is 67.5 Å². The molecule has 1 unspecified atom stereocenters. The number of rotatable bonds is 7. The van der Waals surface area contributed by atoms with Gasteiger partial charge in [0, 0.05) is 38.7 Å².